The standard InChI is InChI=1S/C13H17N3O/c1-3-5-14-13(17)8-11-9-16-6-4-10(2)7-12(16)15-11/h4,6-7,9H,3,5,8H2,1-2H3,(H,14,17). The number of imidazole rings is 1. The zero-order valence-electron chi connectivity index (χ0n) is 10.2. The fourth-order valence-electron chi connectivity index (χ4n) is 1.71. The molecule has 2 aromatic heterocycles. The zero-order chi connectivity index (χ0) is 12.3. The van der Waals surface area contributed by atoms with E-state index in [2.05, 4.69) is 10.3 Å². The molecule has 17 heavy (non-hydrogen) atoms. The summed E-state index contributed by atoms with van der Waals surface area (Å²) in [5.74, 6) is 0.0342. The number of amides is 1. The summed E-state index contributed by atoms with van der Waals surface area (Å²) in [5, 5.41) is 2.85. The highest BCUT2D eigenvalue weighted by Gasteiger charge is 2.06. The van der Waals surface area contributed by atoms with Crippen LogP contribution in [0.15, 0.2) is 24.5 Å². The Balaban J connectivity index is 2.11. The van der Waals surface area contributed by atoms with E-state index >= 15 is 0 Å². The third-order valence-corrected chi connectivity index (χ3v) is 2.58. The first-order valence-corrected chi connectivity index (χ1v) is 5.90. The number of aryl methyl sites for hydroxylation is 1. The molecule has 90 valence electrons. The lowest BCUT2D eigenvalue weighted by Crippen LogP contribution is -2.25. The predicted molar refractivity (Wildman–Crippen MR) is 66.9 cm³/mol. The smallest absolute Gasteiger partial charge is 0.226 e. The molecule has 1 N–H and O–H groups in total. The fraction of sp³-hybridized carbons (Fsp3) is 0.385. The Kier molecular flexibility index (Phi) is 3.42. The highest BCUT2D eigenvalue weighted by atomic mass is 16.1. The number of fused-ring (bicyclic) bond motifs is 1. The van der Waals surface area contributed by atoms with Gasteiger partial charge >= 0.3 is 0 Å². The molecule has 0 radical (unpaired) electrons. The lowest BCUT2D eigenvalue weighted by molar-refractivity contribution is -0.120. The third-order valence-electron chi connectivity index (χ3n) is 2.58. The minimum absolute atomic E-state index is 0.0342. The molecule has 0 aromatic carbocycles. The van der Waals surface area contributed by atoms with Gasteiger partial charge in [0.2, 0.25) is 5.91 Å². The van der Waals surface area contributed by atoms with Gasteiger partial charge in [0.05, 0.1) is 12.1 Å². The molecule has 4 heteroatoms. The molecule has 2 heterocycles. The van der Waals surface area contributed by atoms with Crippen molar-refractivity contribution in [3.63, 3.8) is 0 Å². The topological polar surface area (TPSA) is 46.4 Å². The van der Waals surface area contributed by atoms with Gasteiger partial charge in [-0.15, -0.1) is 0 Å². The van der Waals surface area contributed by atoms with Gasteiger partial charge in [0.25, 0.3) is 0 Å². The maximum Gasteiger partial charge on any atom is 0.226 e. The Labute approximate surface area is 101 Å². The molecule has 0 unspecified atom stereocenters. The van der Waals surface area contributed by atoms with E-state index in [9.17, 15) is 4.79 Å². The highest BCUT2D eigenvalue weighted by molar-refractivity contribution is 5.78. The van der Waals surface area contributed by atoms with Crippen molar-refractivity contribution >= 4 is 11.6 Å². The lowest BCUT2D eigenvalue weighted by Gasteiger charge is -1.99. The summed E-state index contributed by atoms with van der Waals surface area (Å²) in [6, 6.07) is 4.03. The number of carbonyl (C=O) groups is 1. The van der Waals surface area contributed by atoms with Crippen molar-refractivity contribution in [1.82, 2.24) is 14.7 Å². The Hall–Kier alpha value is -1.84. The zero-order valence-corrected chi connectivity index (χ0v) is 10.2. The molecule has 0 aliphatic rings. The average molecular weight is 231 g/mol. The summed E-state index contributed by atoms with van der Waals surface area (Å²) in [6.45, 7) is 4.79. The van der Waals surface area contributed by atoms with Crippen LogP contribution in [0.2, 0.25) is 0 Å². The van der Waals surface area contributed by atoms with Crippen LogP contribution in [0, 0.1) is 6.92 Å². The summed E-state index contributed by atoms with van der Waals surface area (Å²) in [7, 11) is 0. The maximum atomic E-state index is 11.6. The van der Waals surface area contributed by atoms with Crippen LogP contribution in [0.4, 0.5) is 0 Å². The van der Waals surface area contributed by atoms with Crippen molar-refractivity contribution in [2.45, 2.75) is 26.7 Å². The van der Waals surface area contributed by atoms with Gasteiger partial charge < -0.3 is 9.72 Å². The first kappa shape index (κ1) is 11.6. The van der Waals surface area contributed by atoms with Gasteiger partial charge in [0, 0.05) is 18.9 Å². The Morgan fingerprint density at radius 2 is 2.35 bits per heavy atom. The second-order valence-corrected chi connectivity index (χ2v) is 4.23. The quantitative estimate of drug-likeness (QED) is 0.870. The minimum atomic E-state index is 0.0342. The number of rotatable bonds is 4. The molecule has 2 aromatic rings. The van der Waals surface area contributed by atoms with Crippen LogP contribution in [0.3, 0.4) is 0 Å². The first-order valence-electron chi connectivity index (χ1n) is 5.90. The van der Waals surface area contributed by atoms with Crippen LogP contribution in [0.1, 0.15) is 24.6 Å². The van der Waals surface area contributed by atoms with Gasteiger partial charge in [-0.1, -0.05) is 6.92 Å². The van der Waals surface area contributed by atoms with E-state index in [0.717, 1.165) is 24.3 Å². The Bertz CT molecular complexity index is 530. The van der Waals surface area contributed by atoms with Crippen LogP contribution in [0.5, 0.6) is 0 Å². The second-order valence-electron chi connectivity index (χ2n) is 4.23. The Morgan fingerprint density at radius 1 is 1.53 bits per heavy atom. The molecule has 0 aliphatic heterocycles. The number of carbonyl (C=O) groups excluding carboxylic acids is 1. The average Bonchev–Trinajstić information content (AvgIpc) is 2.67. The third kappa shape index (κ3) is 2.84. The molecular weight excluding hydrogens is 214 g/mol. The number of pyridine rings is 1. The van der Waals surface area contributed by atoms with E-state index in [0.29, 0.717) is 6.42 Å². The molecule has 4 nitrogen and oxygen atoms in total. The Morgan fingerprint density at radius 3 is 3.12 bits per heavy atom. The molecule has 1 amide bonds. The number of nitrogens with zero attached hydrogens (tertiary/aromatic N) is 2. The van der Waals surface area contributed by atoms with Gasteiger partial charge in [-0.25, -0.2) is 4.98 Å². The monoisotopic (exact) mass is 231 g/mol. The van der Waals surface area contributed by atoms with E-state index in [1.165, 1.54) is 5.56 Å². The van der Waals surface area contributed by atoms with E-state index < -0.39 is 0 Å². The molecule has 0 fully saturated rings. The van der Waals surface area contributed by atoms with Crippen LogP contribution in [-0.4, -0.2) is 21.8 Å². The summed E-state index contributed by atoms with van der Waals surface area (Å²) in [4.78, 5) is 16.0. The number of nitrogens with one attached hydrogen (secondary N) is 1. The molecule has 0 spiro atoms. The largest absolute Gasteiger partial charge is 0.356 e. The number of hydrogen-bond donors (Lipinski definition) is 1. The molecule has 2 rings (SSSR count). The highest BCUT2D eigenvalue weighted by Crippen LogP contribution is 2.08. The van der Waals surface area contributed by atoms with Crippen molar-refractivity contribution in [2.24, 2.45) is 0 Å². The molecule has 0 saturated carbocycles. The van der Waals surface area contributed by atoms with Crippen LogP contribution >= 0.6 is 0 Å². The summed E-state index contributed by atoms with van der Waals surface area (Å²) < 4.78 is 1.94. The van der Waals surface area contributed by atoms with E-state index in [1.54, 1.807) is 0 Å². The van der Waals surface area contributed by atoms with Crippen LogP contribution < -0.4 is 5.32 Å². The van der Waals surface area contributed by atoms with Crippen molar-refractivity contribution in [3.8, 4) is 0 Å². The van der Waals surface area contributed by atoms with Gasteiger partial charge in [-0.3, -0.25) is 4.79 Å². The SMILES string of the molecule is CCCNC(=O)Cc1cn2ccc(C)cc2n1. The van der Waals surface area contributed by atoms with Crippen molar-refractivity contribution in [1.29, 1.82) is 0 Å². The van der Waals surface area contributed by atoms with Crippen molar-refractivity contribution in [3.05, 3.63) is 35.8 Å². The van der Waals surface area contributed by atoms with Crippen LogP contribution in [0.25, 0.3) is 5.65 Å². The molecule has 0 aliphatic carbocycles. The normalized spacial score (nSPS) is 10.7. The number of aromatic nitrogens is 2. The van der Waals surface area contributed by atoms with Crippen molar-refractivity contribution in [2.75, 3.05) is 6.54 Å². The van der Waals surface area contributed by atoms with Gasteiger partial charge in [0.15, 0.2) is 0 Å². The number of hydrogen-bond acceptors (Lipinski definition) is 2. The predicted octanol–water partition coefficient (Wildman–Crippen LogP) is 1.71. The molecule has 0 atom stereocenters. The summed E-state index contributed by atoms with van der Waals surface area (Å²) >= 11 is 0. The molecule has 0 bridgehead atoms. The fourth-order valence-corrected chi connectivity index (χ4v) is 1.71. The van der Waals surface area contributed by atoms with E-state index in [-0.39, 0.29) is 5.91 Å². The van der Waals surface area contributed by atoms with Gasteiger partial charge in [0.1, 0.15) is 5.65 Å². The molecular formula is C13H17N3O. The molecule has 0 saturated heterocycles. The summed E-state index contributed by atoms with van der Waals surface area (Å²) in [6.07, 6.45) is 5.17. The lowest BCUT2D eigenvalue weighted by atomic mass is 10.3. The first-order chi connectivity index (χ1) is 8.19. The summed E-state index contributed by atoms with van der Waals surface area (Å²) in [5.41, 5.74) is 2.87. The second kappa shape index (κ2) is 4.99. The maximum absolute atomic E-state index is 11.6. The van der Waals surface area contributed by atoms with Crippen molar-refractivity contribution < 1.29 is 4.79 Å². The minimum Gasteiger partial charge on any atom is -0.356 e. The van der Waals surface area contributed by atoms with Gasteiger partial charge in [-0.05, 0) is 31.0 Å². The van der Waals surface area contributed by atoms with Gasteiger partial charge in [-0.2, -0.15) is 0 Å². The van der Waals surface area contributed by atoms with Crippen LogP contribution in [-0.2, 0) is 11.2 Å². The van der Waals surface area contributed by atoms with E-state index in [4.69, 9.17) is 0 Å². The van der Waals surface area contributed by atoms with E-state index in [1.807, 2.05) is 42.8 Å².